The van der Waals surface area contributed by atoms with Gasteiger partial charge in [-0.15, -0.1) is 0 Å². The topological polar surface area (TPSA) is 109 Å². The zero-order valence-electron chi connectivity index (χ0n) is 15.9. The van der Waals surface area contributed by atoms with Crippen molar-refractivity contribution in [3.05, 3.63) is 40.9 Å². The fraction of sp³-hybridized carbons (Fsp3) is 0.263. The second kappa shape index (κ2) is 9.18. The smallest absolute Gasteiger partial charge is 0.342 e. The molecule has 2 aromatic carbocycles. The van der Waals surface area contributed by atoms with Gasteiger partial charge in [0.05, 0.1) is 37.7 Å². The maximum absolute atomic E-state index is 12.5. The highest BCUT2D eigenvalue weighted by atomic mass is 35.5. The largest absolute Gasteiger partial charge is 0.497 e. The second-order valence-electron chi connectivity index (χ2n) is 5.68. The number of anilines is 2. The molecular weight excluding hydrogens is 388 g/mol. The molecule has 0 aliphatic carbocycles. The molecule has 28 heavy (non-hydrogen) atoms. The molecule has 0 heterocycles. The van der Waals surface area contributed by atoms with Crippen LogP contribution in [0.3, 0.4) is 0 Å². The average molecular weight is 409 g/mol. The number of rotatable bonds is 7. The summed E-state index contributed by atoms with van der Waals surface area (Å²) in [6.07, 6.45) is -1.11. The lowest BCUT2D eigenvalue weighted by atomic mass is 10.2. The number of hydrogen-bond acceptors (Lipinski definition) is 7. The number of carbonyl (C=O) groups excluding carboxylic acids is 2. The fourth-order valence-electron chi connectivity index (χ4n) is 2.32. The maximum Gasteiger partial charge on any atom is 0.342 e. The Balaban J connectivity index is 2.15. The summed E-state index contributed by atoms with van der Waals surface area (Å²) in [5.74, 6) is -0.185. The Bertz CT molecular complexity index is 887. The van der Waals surface area contributed by atoms with Gasteiger partial charge in [-0.1, -0.05) is 11.6 Å². The molecular formula is C19H21ClN2O6. The summed E-state index contributed by atoms with van der Waals surface area (Å²) in [4.78, 5) is 24.9. The molecule has 0 radical (unpaired) electrons. The third kappa shape index (κ3) is 4.77. The van der Waals surface area contributed by atoms with Gasteiger partial charge in [-0.2, -0.15) is 0 Å². The molecule has 2 aromatic rings. The first kappa shape index (κ1) is 21.2. The van der Waals surface area contributed by atoms with E-state index in [4.69, 9.17) is 36.3 Å². The van der Waals surface area contributed by atoms with Crippen molar-refractivity contribution in [2.24, 2.45) is 0 Å². The first-order valence-corrected chi connectivity index (χ1v) is 8.55. The van der Waals surface area contributed by atoms with Crippen LogP contribution in [-0.2, 0) is 9.53 Å². The number of nitrogen functional groups attached to an aromatic ring is 1. The first-order valence-electron chi connectivity index (χ1n) is 8.17. The Labute approximate surface area is 167 Å². The standard InChI is InChI=1S/C19H21ClN2O6/c1-10(18(23)22-15-7-11(25-2)5-6-16(15)26-3)28-19(24)12-8-13(20)14(21)9-17(12)27-4/h5-10H,21H2,1-4H3,(H,22,23). The molecule has 3 N–H and O–H groups in total. The summed E-state index contributed by atoms with van der Waals surface area (Å²) in [6.45, 7) is 1.44. The van der Waals surface area contributed by atoms with Crippen molar-refractivity contribution >= 4 is 34.9 Å². The predicted octanol–water partition coefficient (Wildman–Crippen LogP) is 3.13. The van der Waals surface area contributed by atoms with Crippen LogP contribution in [0.2, 0.25) is 5.02 Å². The van der Waals surface area contributed by atoms with Crippen LogP contribution in [0.5, 0.6) is 17.2 Å². The molecule has 0 saturated heterocycles. The van der Waals surface area contributed by atoms with E-state index >= 15 is 0 Å². The SMILES string of the molecule is COc1ccc(OC)c(NC(=O)C(C)OC(=O)c2cc(Cl)c(N)cc2OC)c1. The molecule has 0 spiro atoms. The minimum Gasteiger partial charge on any atom is -0.497 e. The Morgan fingerprint density at radius 1 is 1.04 bits per heavy atom. The summed E-state index contributed by atoms with van der Waals surface area (Å²) in [7, 11) is 4.35. The van der Waals surface area contributed by atoms with E-state index in [2.05, 4.69) is 5.32 Å². The predicted molar refractivity (Wildman–Crippen MR) is 105 cm³/mol. The Morgan fingerprint density at radius 2 is 1.71 bits per heavy atom. The lowest BCUT2D eigenvalue weighted by molar-refractivity contribution is -0.123. The van der Waals surface area contributed by atoms with E-state index in [1.54, 1.807) is 18.2 Å². The van der Waals surface area contributed by atoms with Gasteiger partial charge >= 0.3 is 5.97 Å². The van der Waals surface area contributed by atoms with E-state index in [0.717, 1.165) is 0 Å². The molecule has 1 atom stereocenters. The monoisotopic (exact) mass is 408 g/mol. The maximum atomic E-state index is 12.5. The number of esters is 1. The number of amides is 1. The highest BCUT2D eigenvalue weighted by molar-refractivity contribution is 6.33. The molecule has 0 aliphatic rings. The van der Waals surface area contributed by atoms with Gasteiger partial charge in [0.2, 0.25) is 0 Å². The third-order valence-electron chi connectivity index (χ3n) is 3.86. The van der Waals surface area contributed by atoms with Gasteiger partial charge in [0.15, 0.2) is 6.10 Å². The van der Waals surface area contributed by atoms with Crippen molar-refractivity contribution in [3.63, 3.8) is 0 Å². The van der Waals surface area contributed by atoms with E-state index < -0.39 is 18.0 Å². The number of carbonyl (C=O) groups is 2. The minimum atomic E-state index is -1.11. The van der Waals surface area contributed by atoms with Crippen LogP contribution < -0.4 is 25.3 Å². The summed E-state index contributed by atoms with van der Waals surface area (Å²) < 4.78 is 20.7. The lowest BCUT2D eigenvalue weighted by Crippen LogP contribution is -2.30. The number of halogens is 1. The van der Waals surface area contributed by atoms with Crippen molar-refractivity contribution < 1.29 is 28.5 Å². The van der Waals surface area contributed by atoms with Crippen LogP contribution >= 0.6 is 11.6 Å². The van der Waals surface area contributed by atoms with E-state index in [0.29, 0.717) is 17.2 Å². The second-order valence-corrected chi connectivity index (χ2v) is 6.08. The molecule has 2 rings (SSSR count). The van der Waals surface area contributed by atoms with E-state index in [1.165, 1.54) is 40.4 Å². The lowest BCUT2D eigenvalue weighted by Gasteiger charge is -2.17. The summed E-state index contributed by atoms with van der Waals surface area (Å²) in [5.41, 5.74) is 6.39. The van der Waals surface area contributed by atoms with Gasteiger partial charge in [0.1, 0.15) is 22.8 Å². The Morgan fingerprint density at radius 3 is 2.32 bits per heavy atom. The van der Waals surface area contributed by atoms with Crippen molar-refractivity contribution in [2.45, 2.75) is 13.0 Å². The molecule has 0 saturated carbocycles. The number of benzene rings is 2. The van der Waals surface area contributed by atoms with Crippen molar-refractivity contribution in [1.82, 2.24) is 0 Å². The number of hydrogen-bond donors (Lipinski definition) is 2. The van der Waals surface area contributed by atoms with Gasteiger partial charge in [0.25, 0.3) is 5.91 Å². The van der Waals surface area contributed by atoms with E-state index in [1.807, 2.05) is 0 Å². The van der Waals surface area contributed by atoms with Crippen LogP contribution in [0.1, 0.15) is 17.3 Å². The number of nitrogens with one attached hydrogen (secondary N) is 1. The van der Waals surface area contributed by atoms with Crippen molar-refractivity contribution in [1.29, 1.82) is 0 Å². The number of ether oxygens (including phenoxy) is 4. The fourth-order valence-corrected chi connectivity index (χ4v) is 2.48. The molecule has 1 amide bonds. The molecule has 0 aromatic heterocycles. The van der Waals surface area contributed by atoms with Crippen molar-refractivity contribution in [2.75, 3.05) is 32.4 Å². The molecule has 0 bridgehead atoms. The van der Waals surface area contributed by atoms with Crippen LogP contribution in [0, 0.1) is 0 Å². The number of methoxy groups -OCH3 is 3. The molecule has 0 aliphatic heterocycles. The van der Waals surface area contributed by atoms with E-state index in [9.17, 15) is 9.59 Å². The quantitative estimate of drug-likeness (QED) is 0.535. The van der Waals surface area contributed by atoms with Gasteiger partial charge in [-0.3, -0.25) is 4.79 Å². The summed E-state index contributed by atoms with van der Waals surface area (Å²) >= 11 is 5.96. The first-order chi connectivity index (χ1) is 13.3. The minimum absolute atomic E-state index is 0.0558. The highest BCUT2D eigenvalue weighted by Crippen LogP contribution is 2.31. The summed E-state index contributed by atoms with van der Waals surface area (Å²) in [6, 6.07) is 7.66. The average Bonchev–Trinajstić information content (AvgIpc) is 2.69. The van der Waals surface area contributed by atoms with Crippen LogP contribution in [0.4, 0.5) is 11.4 Å². The number of nitrogens with two attached hydrogens (primary N) is 1. The molecule has 9 heteroatoms. The van der Waals surface area contributed by atoms with E-state index in [-0.39, 0.29) is 22.0 Å². The highest BCUT2D eigenvalue weighted by Gasteiger charge is 2.23. The zero-order chi connectivity index (χ0) is 20.8. The Hall–Kier alpha value is -3.13. The van der Waals surface area contributed by atoms with Gasteiger partial charge < -0.3 is 30.0 Å². The normalized spacial score (nSPS) is 11.3. The molecule has 8 nitrogen and oxygen atoms in total. The van der Waals surface area contributed by atoms with Gasteiger partial charge in [0, 0.05) is 12.1 Å². The van der Waals surface area contributed by atoms with Crippen molar-refractivity contribution in [3.8, 4) is 17.2 Å². The Kier molecular flexibility index (Phi) is 6.94. The molecule has 1 unspecified atom stereocenters. The van der Waals surface area contributed by atoms with Crippen LogP contribution in [0.25, 0.3) is 0 Å². The van der Waals surface area contributed by atoms with Gasteiger partial charge in [-0.25, -0.2) is 4.79 Å². The van der Waals surface area contributed by atoms with Gasteiger partial charge in [-0.05, 0) is 25.1 Å². The molecule has 150 valence electrons. The third-order valence-corrected chi connectivity index (χ3v) is 4.18. The molecule has 0 fully saturated rings. The van der Waals surface area contributed by atoms with Crippen LogP contribution in [-0.4, -0.2) is 39.3 Å². The zero-order valence-corrected chi connectivity index (χ0v) is 16.6. The summed E-state index contributed by atoms with van der Waals surface area (Å²) in [5, 5.41) is 2.82. The van der Waals surface area contributed by atoms with Crippen LogP contribution in [0.15, 0.2) is 30.3 Å².